The Morgan fingerprint density at radius 1 is 1.09 bits per heavy atom. The van der Waals surface area contributed by atoms with Gasteiger partial charge in [0.25, 0.3) is 5.91 Å². The Morgan fingerprint density at radius 3 is 2.61 bits per heavy atom. The highest BCUT2D eigenvalue weighted by atomic mass is 19.1. The van der Waals surface area contributed by atoms with Gasteiger partial charge in [-0.1, -0.05) is 18.2 Å². The van der Waals surface area contributed by atoms with Gasteiger partial charge in [0, 0.05) is 11.9 Å². The van der Waals surface area contributed by atoms with Crippen LogP contribution in [0.2, 0.25) is 0 Å². The standard InChI is InChI=1S/C18H16FN3O/c1-12-7-8-14(11-13(12)2)20-18(23)16-9-10-22(21-16)17-6-4-3-5-15(17)19/h3-11H,1-2H3,(H,20,23). The molecule has 23 heavy (non-hydrogen) atoms. The molecule has 1 N–H and O–H groups in total. The van der Waals surface area contributed by atoms with Crippen molar-refractivity contribution in [1.29, 1.82) is 0 Å². The van der Waals surface area contributed by atoms with Crippen molar-refractivity contribution in [2.45, 2.75) is 13.8 Å². The van der Waals surface area contributed by atoms with Crippen molar-refractivity contribution in [2.24, 2.45) is 0 Å². The predicted octanol–water partition coefficient (Wildman–Crippen LogP) is 3.88. The fourth-order valence-electron chi connectivity index (χ4n) is 2.23. The number of para-hydroxylation sites is 1. The lowest BCUT2D eigenvalue weighted by atomic mass is 10.1. The van der Waals surface area contributed by atoms with E-state index in [1.807, 2.05) is 32.0 Å². The Bertz CT molecular complexity index is 870. The topological polar surface area (TPSA) is 46.9 Å². The number of anilines is 1. The van der Waals surface area contributed by atoms with E-state index < -0.39 is 5.82 Å². The van der Waals surface area contributed by atoms with Crippen LogP contribution in [0.1, 0.15) is 21.6 Å². The Balaban J connectivity index is 1.81. The molecule has 0 aliphatic rings. The highest BCUT2D eigenvalue weighted by Gasteiger charge is 2.12. The molecule has 1 aromatic heterocycles. The van der Waals surface area contributed by atoms with Crippen LogP contribution in [0.25, 0.3) is 5.69 Å². The van der Waals surface area contributed by atoms with Gasteiger partial charge in [-0.25, -0.2) is 9.07 Å². The van der Waals surface area contributed by atoms with E-state index in [-0.39, 0.29) is 11.6 Å². The Labute approximate surface area is 133 Å². The molecule has 0 fully saturated rings. The molecule has 3 aromatic rings. The maximum Gasteiger partial charge on any atom is 0.276 e. The molecule has 0 bridgehead atoms. The van der Waals surface area contributed by atoms with E-state index in [4.69, 9.17) is 0 Å². The molecule has 0 saturated heterocycles. The highest BCUT2D eigenvalue weighted by Crippen LogP contribution is 2.16. The summed E-state index contributed by atoms with van der Waals surface area (Å²) in [6.45, 7) is 3.99. The maximum absolute atomic E-state index is 13.8. The molecule has 0 saturated carbocycles. The van der Waals surface area contributed by atoms with E-state index in [2.05, 4.69) is 10.4 Å². The van der Waals surface area contributed by atoms with E-state index in [0.29, 0.717) is 11.4 Å². The molecule has 1 amide bonds. The van der Waals surface area contributed by atoms with Crippen LogP contribution in [-0.2, 0) is 0 Å². The Hall–Kier alpha value is -2.95. The smallest absolute Gasteiger partial charge is 0.276 e. The lowest BCUT2D eigenvalue weighted by Gasteiger charge is -2.06. The minimum Gasteiger partial charge on any atom is -0.321 e. The van der Waals surface area contributed by atoms with Crippen molar-refractivity contribution in [2.75, 3.05) is 5.32 Å². The molecule has 0 aliphatic heterocycles. The summed E-state index contributed by atoms with van der Waals surface area (Å²) in [5, 5.41) is 6.94. The van der Waals surface area contributed by atoms with E-state index in [0.717, 1.165) is 11.1 Å². The van der Waals surface area contributed by atoms with E-state index in [1.54, 1.807) is 30.5 Å². The van der Waals surface area contributed by atoms with Gasteiger partial charge < -0.3 is 5.32 Å². The van der Waals surface area contributed by atoms with Crippen molar-refractivity contribution in [3.63, 3.8) is 0 Å². The largest absolute Gasteiger partial charge is 0.321 e. The van der Waals surface area contributed by atoms with Crippen LogP contribution in [0, 0.1) is 19.7 Å². The molecule has 3 rings (SSSR count). The fourth-order valence-corrected chi connectivity index (χ4v) is 2.23. The summed E-state index contributed by atoms with van der Waals surface area (Å²) >= 11 is 0. The maximum atomic E-state index is 13.8. The first kappa shape index (κ1) is 15.0. The third-order valence-corrected chi connectivity index (χ3v) is 3.69. The van der Waals surface area contributed by atoms with Crippen molar-refractivity contribution < 1.29 is 9.18 Å². The molecule has 0 unspecified atom stereocenters. The predicted molar refractivity (Wildman–Crippen MR) is 87.4 cm³/mol. The Morgan fingerprint density at radius 2 is 1.87 bits per heavy atom. The fraction of sp³-hybridized carbons (Fsp3) is 0.111. The minimum absolute atomic E-state index is 0.228. The van der Waals surface area contributed by atoms with Crippen LogP contribution >= 0.6 is 0 Å². The van der Waals surface area contributed by atoms with Gasteiger partial charge in [-0.2, -0.15) is 5.10 Å². The van der Waals surface area contributed by atoms with Gasteiger partial charge in [-0.3, -0.25) is 4.79 Å². The van der Waals surface area contributed by atoms with E-state index in [1.165, 1.54) is 10.7 Å². The number of hydrogen-bond donors (Lipinski definition) is 1. The van der Waals surface area contributed by atoms with E-state index >= 15 is 0 Å². The molecule has 5 heteroatoms. The molecule has 0 spiro atoms. The molecule has 116 valence electrons. The van der Waals surface area contributed by atoms with Gasteiger partial charge in [0.15, 0.2) is 5.69 Å². The molecular formula is C18H16FN3O. The van der Waals surface area contributed by atoms with Crippen LogP contribution in [0.3, 0.4) is 0 Å². The monoisotopic (exact) mass is 309 g/mol. The summed E-state index contributed by atoms with van der Waals surface area (Å²) < 4.78 is 15.1. The van der Waals surface area contributed by atoms with Gasteiger partial charge in [-0.15, -0.1) is 0 Å². The zero-order valence-electron chi connectivity index (χ0n) is 12.9. The van der Waals surface area contributed by atoms with Crippen molar-refractivity contribution in [3.05, 3.63) is 77.4 Å². The van der Waals surface area contributed by atoms with Crippen molar-refractivity contribution in [3.8, 4) is 5.69 Å². The number of aromatic nitrogens is 2. The second kappa shape index (κ2) is 6.04. The number of hydrogen-bond acceptors (Lipinski definition) is 2. The van der Waals surface area contributed by atoms with Crippen LogP contribution in [0.15, 0.2) is 54.7 Å². The summed E-state index contributed by atoms with van der Waals surface area (Å²) in [5.74, 6) is -0.722. The first-order valence-electron chi connectivity index (χ1n) is 7.24. The van der Waals surface area contributed by atoms with Crippen LogP contribution < -0.4 is 5.32 Å². The zero-order chi connectivity index (χ0) is 16.4. The van der Waals surface area contributed by atoms with E-state index in [9.17, 15) is 9.18 Å². The number of halogens is 1. The normalized spacial score (nSPS) is 10.6. The van der Waals surface area contributed by atoms with Crippen LogP contribution in [0.4, 0.5) is 10.1 Å². The second-order valence-electron chi connectivity index (χ2n) is 5.35. The van der Waals surface area contributed by atoms with Crippen LogP contribution in [-0.4, -0.2) is 15.7 Å². The number of amides is 1. The summed E-state index contributed by atoms with van der Waals surface area (Å²) in [7, 11) is 0. The quantitative estimate of drug-likeness (QED) is 0.798. The lowest BCUT2D eigenvalue weighted by Crippen LogP contribution is -2.13. The number of rotatable bonds is 3. The molecular weight excluding hydrogens is 293 g/mol. The molecule has 1 heterocycles. The van der Waals surface area contributed by atoms with Gasteiger partial charge >= 0.3 is 0 Å². The van der Waals surface area contributed by atoms with Gasteiger partial charge in [0.1, 0.15) is 11.5 Å². The third-order valence-electron chi connectivity index (χ3n) is 3.69. The average Bonchev–Trinajstić information content (AvgIpc) is 3.01. The summed E-state index contributed by atoms with van der Waals surface area (Å²) in [6.07, 6.45) is 1.56. The Kier molecular flexibility index (Phi) is 3.93. The number of carbonyl (C=O) groups excluding carboxylic acids is 1. The first-order valence-corrected chi connectivity index (χ1v) is 7.24. The number of nitrogens with one attached hydrogen (secondary N) is 1. The molecule has 4 nitrogen and oxygen atoms in total. The van der Waals surface area contributed by atoms with Gasteiger partial charge in [0.05, 0.1) is 0 Å². The number of carbonyl (C=O) groups is 1. The van der Waals surface area contributed by atoms with Crippen LogP contribution in [0.5, 0.6) is 0 Å². The number of benzene rings is 2. The first-order chi connectivity index (χ1) is 11.0. The zero-order valence-corrected chi connectivity index (χ0v) is 12.9. The van der Waals surface area contributed by atoms with Crippen molar-refractivity contribution >= 4 is 11.6 Å². The number of nitrogens with zero attached hydrogens (tertiary/aromatic N) is 2. The van der Waals surface area contributed by atoms with Crippen molar-refractivity contribution in [1.82, 2.24) is 9.78 Å². The third kappa shape index (κ3) is 3.13. The molecule has 0 aliphatic carbocycles. The van der Waals surface area contributed by atoms with Gasteiger partial charge in [0.2, 0.25) is 0 Å². The second-order valence-corrected chi connectivity index (χ2v) is 5.35. The SMILES string of the molecule is Cc1ccc(NC(=O)c2ccn(-c3ccccc3F)n2)cc1C. The average molecular weight is 309 g/mol. The summed E-state index contributed by atoms with van der Waals surface area (Å²) in [4.78, 5) is 12.3. The number of aryl methyl sites for hydroxylation is 2. The molecule has 2 aromatic carbocycles. The molecule has 0 atom stereocenters. The van der Waals surface area contributed by atoms with Gasteiger partial charge in [-0.05, 0) is 55.3 Å². The minimum atomic E-state index is -0.392. The lowest BCUT2D eigenvalue weighted by molar-refractivity contribution is 0.102. The highest BCUT2D eigenvalue weighted by molar-refractivity contribution is 6.02. The summed E-state index contributed by atoms with van der Waals surface area (Å²) in [6, 6.07) is 13.5. The molecule has 0 radical (unpaired) electrons. The summed E-state index contributed by atoms with van der Waals surface area (Å²) in [5.41, 5.74) is 3.49.